The number of hydrogen-bond acceptors (Lipinski definition) is 6. The first-order valence-corrected chi connectivity index (χ1v) is 51.4. The van der Waals surface area contributed by atoms with E-state index in [0.717, 1.165) is 146 Å². The molecule has 0 aliphatic rings. The summed E-state index contributed by atoms with van der Waals surface area (Å²) in [5.41, 5.74) is 30.9. The highest BCUT2D eigenvalue weighted by molar-refractivity contribution is 6.28. The van der Waals surface area contributed by atoms with Gasteiger partial charge in [0.05, 0.1) is 11.4 Å². The fourth-order valence-corrected chi connectivity index (χ4v) is 23.0. The van der Waals surface area contributed by atoms with E-state index in [-0.39, 0.29) is 0 Å². The Bertz CT molecular complexity index is 10200. The highest BCUT2D eigenvalue weighted by Crippen LogP contribution is 2.50. The third-order valence-electron chi connectivity index (χ3n) is 30.3. The van der Waals surface area contributed by atoms with E-state index in [1.807, 2.05) is 24.3 Å². The van der Waals surface area contributed by atoms with E-state index in [1.54, 1.807) is 0 Å². The van der Waals surface area contributed by atoms with Crippen LogP contribution in [0.1, 0.15) is 0 Å². The predicted molar refractivity (Wildman–Crippen MR) is 636 cm³/mol. The molecule has 0 fully saturated rings. The summed E-state index contributed by atoms with van der Waals surface area (Å²) in [6, 6.07) is 207. The van der Waals surface area contributed by atoms with Gasteiger partial charge in [-0.3, -0.25) is 0 Å². The van der Waals surface area contributed by atoms with Crippen LogP contribution in [0.5, 0.6) is 0 Å². The number of hydrogen-bond donors (Lipinski definition) is 0. The maximum absolute atomic E-state index is 6.20. The van der Waals surface area contributed by atoms with E-state index >= 15 is 0 Å². The number of rotatable bonds is 18. The second kappa shape index (κ2) is 37.4. The van der Waals surface area contributed by atoms with E-state index in [0.29, 0.717) is 0 Å². The highest BCUT2D eigenvalue weighted by atomic mass is 16.3. The molecule has 0 N–H and O–H groups in total. The van der Waals surface area contributed by atoms with Gasteiger partial charge < -0.3 is 28.4 Å². The predicted octanol–water partition coefficient (Wildman–Crippen LogP) is 41.4. The van der Waals surface area contributed by atoms with Crippen LogP contribution in [0.15, 0.2) is 579 Å². The molecule has 0 radical (unpaired) electrons. The molecule has 27 aromatic carbocycles. The smallest absolute Gasteiger partial charge is 0.135 e. The van der Waals surface area contributed by atoms with E-state index in [1.165, 1.54) is 130 Å². The van der Waals surface area contributed by atoms with Gasteiger partial charge in [-0.15, -0.1) is 0 Å². The van der Waals surface area contributed by atoms with Gasteiger partial charge in [-0.05, 0) is 323 Å². The zero-order valence-electron chi connectivity index (χ0n) is 81.9. The zero-order valence-corrected chi connectivity index (χ0v) is 81.9. The minimum atomic E-state index is 0.904. The molecule has 0 aliphatic carbocycles. The number of furan rings is 2. The minimum absolute atomic E-state index is 0.904. The molecule has 29 rings (SSSR count). The molecule has 0 amide bonds. The first-order valence-electron chi connectivity index (χ1n) is 51.4. The Balaban J connectivity index is 0.000000144. The molecular weight excluding hydrogens is 1820 g/mol. The van der Waals surface area contributed by atoms with Gasteiger partial charge in [0.15, 0.2) is 0 Å². The Morgan fingerprint density at radius 1 is 0.107 bits per heavy atom. The van der Waals surface area contributed by atoms with Crippen LogP contribution >= 0.6 is 0 Å². The Morgan fingerprint density at radius 3 is 0.693 bits per heavy atom. The third kappa shape index (κ3) is 15.8. The second-order valence-corrected chi connectivity index (χ2v) is 38.8. The average Bonchev–Trinajstić information content (AvgIpc) is 1.03. The van der Waals surface area contributed by atoms with Gasteiger partial charge in [-0.1, -0.05) is 400 Å². The molecule has 0 saturated heterocycles. The molecule has 0 unspecified atom stereocenters. The summed E-state index contributed by atoms with van der Waals surface area (Å²) in [6.45, 7) is 0. The number of nitrogens with zero attached hydrogens (tertiary/aromatic N) is 4. The molecule has 6 heteroatoms. The first kappa shape index (κ1) is 87.8. The lowest BCUT2D eigenvalue weighted by molar-refractivity contribution is 0.668. The Morgan fingerprint density at radius 2 is 0.333 bits per heavy atom. The van der Waals surface area contributed by atoms with Gasteiger partial charge >= 0.3 is 0 Å². The van der Waals surface area contributed by atoms with Gasteiger partial charge in [0.1, 0.15) is 22.3 Å². The van der Waals surface area contributed by atoms with Crippen molar-refractivity contribution in [2.75, 3.05) is 19.6 Å². The lowest BCUT2D eigenvalue weighted by Gasteiger charge is -2.27. The van der Waals surface area contributed by atoms with Crippen molar-refractivity contribution in [3.8, 4) is 66.8 Å². The van der Waals surface area contributed by atoms with E-state index < -0.39 is 0 Å². The number of fused-ring (bicyclic) bond motifs is 21. The van der Waals surface area contributed by atoms with Gasteiger partial charge in [0.25, 0.3) is 0 Å². The average molecular weight is 1910 g/mol. The fourth-order valence-electron chi connectivity index (χ4n) is 23.0. The van der Waals surface area contributed by atoms with Crippen molar-refractivity contribution in [3.63, 3.8) is 0 Å². The summed E-state index contributed by atoms with van der Waals surface area (Å²) < 4.78 is 12.3. The van der Waals surface area contributed by atoms with Crippen LogP contribution in [0.3, 0.4) is 0 Å². The monoisotopic (exact) mass is 1910 g/mol. The van der Waals surface area contributed by atoms with Crippen LogP contribution in [0.4, 0.5) is 68.2 Å². The molecule has 0 aliphatic heterocycles. The largest absolute Gasteiger partial charge is 0.456 e. The molecule has 29 aromatic rings. The number of benzene rings is 27. The van der Waals surface area contributed by atoms with Gasteiger partial charge in [-0.25, -0.2) is 0 Å². The van der Waals surface area contributed by atoms with Crippen molar-refractivity contribution in [2.45, 2.75) is 0 Å². The molecule has 2 aromatic heterocycles. The lowest BCUT2D eigenvalue weighted by Crippen LogP contribution is -2.10. The molecule has 702 valence electrons. The second-order valence-electron chi connectivity index (χ2n) is 38.8. The Labute approximate surface area is 868 Å². The van der Waals surface area contributed by atoms with Crippen molar-refractivity contribution in [1.82, 2.24) is 0 Å². The summed E-state index contributed by atoms with van der Waals surface area (Å²) in [6.07, 6.45) is 0. The van der Waals surface area contributed by atoms with Crippen LogP contribution in [-0.2, 0) is 0 Å². The molecular formula is C144H94N4O2. The molecule has 2 heterocycles. The highest BCUT2D eigenvalue weighted by Gasteiger charge is 2.25. The maximum atomic E-state index is 6.20. The van der Waals surface area contributed by atoms with Gasteiger partial charge in [-0.2, -0.15) is 0 Å². The van der Waals surface area contributed by atoms with E-state index in [4.69, 9.17) is 8.83 Å². The lowest BCUT2D eigenvalue weighted by atomic mass is 9.91. The van der Waals surface area contributed by atoms with Gasteiger partial charge in [0, 0.05) is 89.2 Å². The quantitative estimate of drug-likeness (QED) is 0.0798. The van der Waals surface area contributed by atoms with E-state index in [2.05, 4.69) is 566 Å². The topological polar surface area (TPSA) is 39.2 Å². The molecule has 0 saturated carbocycles. The normalized spacial score (nSPS) is 11.6. The minimum Gasteiger partial charge on any atom is -0.456 e. The van der Waals surface area contributed by atoms with Crippen molar-refractivity contribution in [2.24, 2.45) is 0 Å². The van der Waals surface area contributed by atoms with Crippen LogP contribution in [0.25, 0.3) is 208 Å². The molecule has 150 heavy (non-hydrogen) atoms. The first-order chi connectivity index (χ1) is 74.4. The van der Waals surface area contributed by atoms with Gasteiger partial charge in [0.2, 0.25) is 0 Å². The van der Waals surface area contributed by atoms with Crippen molar-refractivity contribution >= 4 is 209 Å². The van der Waals surface area contributed by atoms with Crippen LogP contribution < -0.4 is 19.6 Å². The molecule has 0 spiro atoms. The van der Waals surface area contributed by atoms with Crippen LogP contribution in [0, 0.1) is 0 Å². The summed E-state index contributed by atoms with van der Waals surface area (Å²) in [5, 5.41) is 26.9. The molecule has 0 atom stereocenters. The summed E-state index contributed by atoms with van der Waals surface area (Å²) in [5.74, 6) is 0. The third-order valence-corrected chi connectivity index (χ3v) is 30.3. The Hall–Kier alpha value is -19.9. The maximum Gasteiger partial charge on any atom is 0.135 e. The SMILES string of the molecule is c1ccc(N(c2ccc(-c3ccc(N(c4ccc(-c5ccc(-c6ccc7oc8ccccc8c7c6)c6ccccc56)cc4)c4ccc5c6ccccc6c6ccccc6c5c4)cc3)cc2)c2cccc3ccccc23)cc1.c1ccc(N(c2ccc(-c3ccc(N(c4ccc(-c5ccc(-c6ccc7oc8ccccc8c7c6)cc5)cc4)c4ccc5c6ccccc6c6ccccc6c5c4)cc3)cc2)c2cccc3ccccc23)cc1. The standard InChI is InChI=1S/C74H48N2O.C70H46N2O/c1-2-17-54(18-3-1)76(72-27-14-16-51-15-4-5-19-61(51)72)57-38-31-50(32-39-57)49-29-36-55(37-30-49)75(58-42-43-68-66-24-9-8-22-64(66)65-23-10-11-25-67(65)70(68)48-58)56-40-33-52(34-41-56)59-44-45-60(63-21-7-6-20-62(59)63)53-35-46-74-71(47-53)69-26-12-13-28-73(69)77-74;1-2-15-54(16-3-1)72(68-23-12-14-52-13-4-5-17-59(52)68)57-40-33-50(34-41-57)49-31-38-56(39-32-49)71(58-42-43-64-62-20-7-6-18-60(62)61-19-8-9-21-63(61)66(64)46-58)55-36-29-48(30-37-55)47-25-27-51(28-26-47)53-35-44-70-67(45-53)65-22-10-11-24-69(65)73-70/h1-48H;1-46H. The van der Waals surface area contributed by atoms with Crippen LogP contribution in [0.2, 0.25) is 0 Å². The number of anilines is 12. The Kier molecular flexibility index (Phi) is 21.9. The number of para-hydroxylation sites is 4. The summed E-state index contributed by atoms with van der Waals surface area (Å²) >= 11 is 0. The van der Waals surface area contributed by atoms with Crippen LogP contribution in [-0.4, -0.2) is 0 Å². The zero-order chi connectivity index (χ0) is 99.1. The molecule has 0 bridgehead atoms. The van der Waals surface area contributed by atoms with E-state index in [9.17, 15) is 0 Å². The molecule has 6 nitrogen and oxygen atoms in total. The summed E-state index contributed by atoms with van der Waals surface area (Å²) in [7, 11) is 0. The van der Waals surface area contributed by atoms with Crippen molar-refractivity contribution in [3.05, 3.63) is 570 Å². The van der Waals surface area contributed by atoms with Crippen molar-refractivity contribution < 1.29 is 8.83 Å². The summed E-state index contributed by atoms with van der Waals surface area (Å²) in [4.78, 5) is 9.50. The fraction of sp³-hybridized carbons (Fsp3) is 0. The van der Waals surface area contributed by atoms with Crippen molar-refractivity contribution in [1.29, 1.82) is 0 Å².